The Morgan fingerprint density at radius 1 is 1.39 bits per heavy atom. The van der Waals surface area contributed by atoms with Crippen LogP contribution in [0.2, 0.25) is 0 Å². The molecule has 7 heteroatoms. The molecule has 0 aliphatic heterocycles. The summed E-state index contributed by atoms with van der Waals surface area (Å²) in [4.78, 5) is 16.9. The minimum Gasteiger partial charge on any atom is -0.312 e. The molecule has 0 saturated heterocycles. The van der Waals surface area contributed by atoms with Gasteiger partial charge in [0.2, 0.25) is 5.91 Å². The van der Waals surface area contributed by atoms with E-state index in [-0.39, 0.29) is 5.91 Å². The second kappa shape index (κ2) is 5.19. The number of carbonyl (C=O) groups is 1. The highest BCUT2D eigenvalue weighted by atomic mass is 79.9. The van der Waals surface area contributed by atoms with Crippen LogP contribution in [0.1, 0.15) is 6.92 Å². The van der Waals surface area contributed by atoms with Gasteiger partial charge in [0.1, 0.15) is 0 Å². The number of amides is 1. The molecule has 2 aromatic rings. The summed E-state index contributed by atoms with van der Waals surface area (Å²) in [6.07, 6.45) is 5.17. The van der Waals surface area contributed by atoms with Gasteiger partial charge < -0.3 is 4.90 Å². The number of rotatable bonds is 2. The van der Waals surface area contributed by atoms with Crippen LogP contribution < -0.4 is 4.90 Å². The highest BCUT2D eigenvalue weighted by molar-refractivity contribution is 9.10. The molecule has 0 saturated carbocycles. The van der Waals surface area contributed by atoms with Crippen LogP contribution in [0, 0.1) is 0 Å². The number of anilines is 1. The molecule has 1 amide bonds. The predicted octanol–water partition coefficient (Wildman–Crippen LogP) is 2.78. The summed E-state index contributed by atoms with van der Waals surface area (Å²) >= 11 is 6.70. The molecule has 2 heterocycles. The van der Waals surface area contributed by atoms with E-state index < -0.39 is 0 Å². The first-order valence-electron chi connectivity index (χ1n) is 5.09. The van der Waals surface area contributed by atoms with Gasteiger partial charge in [-0.15, -0.1) is 0 Å². The van der Waals surface area contributed by atoms with Crippen molar-refractivity contribution in [2.75, 3.05) is 11.9 Å². The van der Waals surface area contributed by atoms with E-state index in [0.29, 0.717) is 10.3 Å². The minimum atomic E-state index is -0.0531. The molecule has 0 spiro atoms. The quantitative estimate of drug-likeness (QED) is 0.813. The Labute approximate surface area is 121 Å². The predicted molar refractivity (Wildman–Crippen MR) is 75.8 cm³/mol. The van der Waals surface area contributed by atoms with E-state index in [4.69, 9.17) is 0 Å². The van der Waals surface area contributed by atoms with Crippen LogP contribution in [-0.4, -0.2) is 27.7 Å². The zero-order chi connectivity index (χ0) is 13.3. The zero-order valence-electron chi connectivity index (χ0n) is 9.76. The van der Waals surface area contributed by atoms with Crippen LogP contribution in [-0.2, 0) is 4.79 Å². The highest BCUT2D eigenvalue weighted by Gasteiger charge is 2.14. The summed E-state index contributed by atoms with van der Waals surface area (Å²) < 4.78 is 3.14. The Kier molecular flexibility index (Phi) is 3.82. The molecule has 0 unspecified atom stereocenters. The van der Waals surface area contributed by atoms with Gasteiger partial charge in [-0.2, -0.15) is 5.10 Å². The molecular formula is C11H10Br2N4O. The number of aromatic nitrogens is 3. The van der Waals surface area contributed by atoms with Crippen molar-refractivity contribution in [2.45, 2.75) is 6.92 Å². The molecule has 0 radical (unpaired) electrons. The summed E-state index contributed by atoms with van der Waals surface area (Å²) in [5.41, 5.74) is 1.52. The van der Waals surface area contributed by atoms with Crippen molar-refractivity contribution in [3.05, 3.63) is 33.7 Å². The van der Waals surface area contributed by atoms with Gasteiger partial charge in [0.05, 0.1) is 23.8 Å². The van der Waals surface area contributed by atoms with Crippen LogP contribution in [0.15, 0.2) is 33.7 Å². The van der Waals surface area contributed by atoms with Gasteiger partial charge >= 0.3 is 0 Å². The summed E-state index contributed by atoms with van der Waals surface area (Å²) in [7, 11) is 1.70. The molecule has 94 valence electrons. The van der Waals surface area contributed by atoms with Gasteiger partial charge in [0.15, 0.2) is 4.60 Å². The van der Waals surface area contributed by atoms with Gasteiger partial charge in [0.25, 0.3) is 0 Å². The average molecular weight is 374 g/mol. The van der Waals surface area contributed by atoms with Gasteiger partial charge in [0, 0.05) is 24.6 Å². The lowest BCUT2D eigenvalue weighted by Crippen LogP contribution is -2.22. The number of hydrogen-bond donors (Lipinski definition) is 0. The van der Waals surface area contributed by atoms with Gasteiger partial charge in [-0.25, -0.2) is 4.68 Å². The van der Waals surface area contributed by atoms with E-state index in [1.807, 2.05) is 6.07 Å². The molecule has 0 fully saturated rings. The first kappa shape index (κ1) is 13.2. The fourth-order valence-corrected chi connectivity index (χ4v) is 2.29. The Bertz CT molecular complexity index is 596. The number of hydrogen-bond acceptors (Lipinski definition) is 3. The molecule has 5 nitrogen and oxygen atoms in total. The number of nitrogens with zero attached hydrogens (tertiary/aromatic N) is 4. The molecule has 2 aromatic heterocycles. The topological polar surface area (TPSA) is 51.0 Å². The van der Waals surface area contributed by atoms with Crippen molar-refractivity contribution in [1.82, 2.24) is 14.8 Å². The third kappa shape index (κ3) is 2.62. The van der Waals surface area contributed by atoms with Gasteiger partial charge in [-0.05, 0) is 37.9 Å². The molecule has 0 aliphatic rings. The van der Waals surface area contributed by atoms with Crippen LogP contribution in [0.3, 0.4) is 0 Å². The Morgan fingerprint density at radius 2 is 2.11 bits per heavy atom. The second-order valence-electron chi connectivity index (χ2n) is 3.69. The van der Waals surface area contributed by atoms with E-state index in [0.717, 1.165) is 10.2 Å². The second-order valence-corrected chi connectivity index (χ2v) is 5.36. The molecule has 2 rings (SSSR count). The van der Waals surface area contributed by atoms with Crippen LogP contribution in [0.25, 0.3) is 5.69 Å². The normalized spacial score (nSPS) is 10.4. The Hall–Kier alpha value is -1.21. The van der Waals surface area contributed by atoms with Gasteiger partial charge in [-0.1, -0.05) is 0 Å². The third-order valence-electron chi connectivity index (χ3n) is 2.44. The van der Waals surface area contributed by atoms with Crippen LogP contribution in [0.4, 0.5) is 5.69 Å². The van der Waals surface area contributed by atoms with Gasteiger partial charge in [-0.3, -0.25) is 9.78 Å². The molecule has 0 N–H and O–H groups in total. The fourth-order valence-electron chi connectivity index (χ4n) is 1.40. The lowest BCUT2D eigenvalue weighted by Gasteiger charge is -2.11. The van der Waals surface area contributed by atoms with Crippen molar-refractivity contribution in [3.8, 4) is 5.69 Å². The Balaban J connectivity index is 2.43. The third-order valence-corrected chi connectivity index (χ3v) is 3.44. The molecular weight excluding hydrogens is 364 g/mol. The van der Waals surface area contributed by atoms with E-state index in [1.165, 1.54) is 11.8 Å². The molecule has 0 aliphatic carbocycles. The molecule has 18 heavy (non-hydrogen) atoms. The largest absolute Gasteiger partial charge is 0.312 e. The minimum absolute atomic E-state index is 0.0531. The highest BCUT2D eigenvalue weighted by Crippen LogP contribution is 2.26. The summed E-state index contributed by atoms with van der Waals surface area (Å²) in [6, 6.07) is 1.89. The summed E-state index contributed by atoms with van der Waals surface area (Å²) in [6.45, 7) is 1.50. The zero-order valence-corrected chi connectivity index (χ0v) is 12.9. The van der Waals surface area contributed by atoms with Crippen LogP contribution in [0.5, 0.6) is 0 Å². The van der Waals surface area contributed by atoms with Crippen molar-refractivity contribution in [2.24, 2.45) is 0 Å². The first-order valence-corrected chi connectivity index (χ1v) is 6.68. The summed E-state index contributed by atoms with van der Waals surface area (Å²) in [5.74, 6) is -0.0531. The summed E-state index contributed by atoms with van der Waals surface area (Å²) in [5, 5.41) is 4.30. The SMILES string of the molecule is CC(=O)N(C)c1cn(-c2cncc(Br)c2)nc1Br. The molecule has 0 bridgehead atoms. The Morgan fingerprint density at radius 3 is 2.72 bits per heavy atom. The van der Waals surface area contributed by atoms with Crippen molar-refractivity contribution >= 4 is 43.5 Å². The monoisotopic (exact) mass is 372 g/mol. The average Bonchev–Trinajstić information content (AvgIpc) is 2.70. The maximum atomic E-state index is 11.3. The molecule has 0 aromatic carbocycles. The van der Waals surface area contributed by atoms with E-state index in [1.54, 1.807) is 30.3 Å². The van der Waals surface area contributed by atoms with Crippen molar-refractivity contribution in [3.63, 3.8) is 0 Å². The fraction of sp³-hybridized carbons (Fsp3) is 0.182. The number of pyridine rings is 1. The van der Waals surface area contributed by atoms with Crippen molar-refractivity contribution < 1.29 is 4.79 Å². The smallest absolute Gasteiger partial charge is 0.223 e. The molecule has 0 atom stereocenters. The van der Waals surface area contributed by atoms with E-state index in [9.17, 15) is 4.79 Å². The van der Waals surface area contributed by atoms with E-state index >= 15 is 0 Å². The van der Waals surface area contributed by atoms with Crippen LogP contribution >= 0.6 is 31.9 Å². The lowest BCUT2D eigenvalue weighted by molar-refractivity contribution is -0.116. The maximum Gasteiger partial charge on any atom is 0.223 e. The van der Waals surface area contributed by atoms with Crippen molar-refractivity contribution in [1.29, 1.82) is 0 Å². The number of halogens is 2. The lowest BCUT2D eigenvalue weighted by atomic mass is 10.4. The maximum absolute atomic E-state index is 11.3. The number of carbonyl (C=O) groups excluding carboxylic acids is 1. The standard InChI is InChI=1S/C11H10Br2N4O/c1-7(18)16(2)10-6-17(15-11(10)13)9-3-8(12)4-14-5-9/h3-6H,1-2H3. The first-order chi connectivity index (χ1) is 8.49. The van der Waals surface area contributed by atoms with E-state index in [2.05, 4.69) is 41.9 Å².